The van der Waals surface area contributed by atoms with Crippen LogP contribution < -0.4 is 47.2 Å². The maximum atomic E-state index is 15.0. The number of allylic oxidation sites excluding steroid dienone is 2. The topological polar surface area (TPSA) is 412 Å². The van der Waals surface area contributed by atoms with Crippen LogP contribution in [0.1, 0.15) is 128 Å². The number of phenols is 1. The highest BCUT2D eigenvalue weighted by atomic mass is 16.7. The number of likely N-dealkylation sites (tertiary alicyclic amines) is 1. The molecule has 11 atom stereocenters. The smallest absolute Gasteiger partial charge is 0.410 e. The number of aromatic nitrogens is 1. The number of urea groups is 1. The Labute approximate surface area is 610 Å². The average Bonchev–Trinajstić information content (AvgIpc) is 1.40. The van der Waals surface area contributed by atoms with Crippen molar-refractivity contribution < 1.29 is 95.7 Å². The lowest BCUT2D eigenvalue weighted by molar-refractivity contribution is -0.168. The normalized spacial score (nSPS) is 24.3. The fraction of sp³-hybridized carbons (Fsp3) is 0.474. The number of anilines is 2. The Morgan fingerprint density at radius 1 is 0.877 bits per heavy atom. The highest BCUT2D eigenvalue weighted by Gasteiger charge is 2.52. The number of imide groups is 1. The Morgan fingerprint density at radius 3 is 2.27 bits per heavy atom. The van der Waals surface area contributed by atoms with E-state index in [9.17, 15) is 58.2 Å². The number of hydrogen-bond acceptors (Lipinski definition) is 22. The Bertz CT molecular complexity index is 4430. The molecule has 566 valence electrons. The summed E-state index contributed by atoms with van der Waals surface area (Å²) in [5, 5.41) is 37.1. The number of Topliss-reactive ketones (excluding diaryl/α,β-unsaturated/α-hetero) is 1. The lowest BCUT2D eigenvalue weighted by Crippen LogP contribution is -2.54. The average molecular weight is 1470 g/mol. The molecule has 30 heteroatoms. The van der Waals surface area contributed by atoms with Crippen molar-refractivity contribution >= 4 is 104 Å². The molecule has 9 amide bonds. The summed E-state index contributed by atoms with van der Waals surface area (Å²) < 4.78 is 49.4. The molecule has 6 aliphatic rings. The van der Waals surface area contributed by atoms with Crippen molar-refractivity contribution in [3.8, 4) is 17.2 Å². The van der Waals surface area contributed by atoms with Crippen LogP contribution in [0.2, 0.25) is 0 Å². The first-order chi connectivity index (χ1) is 50.5. The second-order valence-corrected chi connectivity index (χ2v) is 27.9. The molecule has 2 fully saturated rings. The van der Waals surface area contributed by atoms with Crippen molar-refractivity contribution in [3.05, 3.63) is 118 Å². The number of esters is 1. The van der Waals surface area contributed by atoms with Crippen LogP contribution in [0.15, 0.2) is 100.0 Å². The highest BCUT2D eigenvalue weighted by molar-refractivity contribution is 6.26. The summed E-state index contributed by atoms with van der Waals surface area (Å²) in [5.41, 5.74) is 5.11. The van der Waals surface area contributed by atoms with E-state index in [4.69, 9.17) is 48.3 Å². The first-order valence-electron chi connectivity index (χ1n) is 35.5. The minimum atomic E-state index is -2.12. The number of fused-ring (bicyclic) bond motifs is 9. The number of ketones is 1. The number of nitrogens with two attached hydrogens (primary N) is 1. The summed E-state index contributed by atoms with van der Waals surface area (Å²) in [6.45, 7) is 15.3. The monoisotopic (exact) mass is 1470 g/mol. The molecule has 106 heavy (non-hydrogen) atoms. The summed E-state index contributed by atoms with van der Waals surface area (Å²) in [4.78, 5) is 153. The van der Waals surface area contributed by atoms with E-state index < -0.39 is 119 Å². The molecule has 11 rings (SSSR count). The Balaban J connectivity index is 0.803. The quantitative estimate of drug-likeness (QED) is 0.00832. The number of primary amides is 1. The number of phenolic OH excluding ortho intramolecular Hbond substituents is 1. The van der Waals surface area contributed by atoms with Crippen LogP contribution >= 0.6 is 0 Å². The van der Waals surface area contributed by atoms with Gasteiger partial charge in [0.25, 0.3) is 23.5 Å². The van der Waals surface area contributed by atoms with Gasteiger partial charge in [0.2, 0.25) is 17.7 Å². The van der Waals surface area contributed by atoms with Gasteiger partial charge in [-0.05, 0) is 81.4 Å². The fourth-order valence-electron chi connectivity index (χ4n) is 13.7. The van der Waals surface area contributed by atoms with Crippen molar-refractivity contribution in [3.63, 3.8) is 0 Å². The van der Waals surface area contributed by atoms with Crippen molar-refractivity contribution in [2.24, 2.45) is 29.4 Å². The molecule has 7 bridgehead atoms. The summed E-state index contributed by atoms with van der Waals surface area (Å²) in [7, 11) is 1.43. The molecular weight excluding hydrogens is 1370 g/mol. The van der Waals surface area contributed by atoms with E-state index >= 15 is 4.79 Å². The second-order valence-electron chi connectivity index (χ2n) is 27.9. The zero-order valence-corrected chi connectivity index (χ0v) is 60.8. The number of aromatic hydroxyl groups is 1. The van der Waals surface area contributed by atoms with Crippen molar-refractivity contribution in [1.29, 1.82) is 0 Å². The number of benzene rings is 4. The first-order valence-corrected chi connectivity index (χ1v) is 35.5. The molecule has 0 saturated carbocycles. The van der Waals surface area contributed by atoms with Crippen molar-refractivity contribution in [2.45, 2.75) is 175 Å². The van der Waals surface area contributed by atoms with Gasteiger partial charge in [-0.1, -0.05) is 71.4 Å². The third-order valence-electron chi connectivity index (χ3n) is 19.8. The number of unbranched alkanes of at least 4 members (excludes halogenated alkanes) is 2. The molecule has 4 aromatic carbocycles. The number of aliphatic hydroxyl groups excluding tert-OH is 1. The van der Waals surface area contributed by atoms with Crippen LogP contribution in [0.4, 0.5) is 21.0 Å². The minimum Gasteiger partial charge on any atom is -0.505 e. The lowest BCUT2D eigenvalue weighted by atomic mass is 9.86. The van der Waals surface area contributed by atoms with Crippen LogP contribution in [0.3, 0.4) is 0 Å². The molecule has 5 aromatic rings. The number of carbonyl (C=O) groups is 10. The van der Waals surface area contributed by atoms with Crippen LogP contribution in [-0.4, -0.2) is 172 Å². The van der Waals surface area contributed by atoms with E-state index in [1.54, 1.807) is 80.3 Å². The number of aliphatic hydroxyl groups is 1. The maximum absolute atomic E-state index is 15.0. The number of methoxy groups -OCH3 is 1. The molecule has 7 heterocycles. The van der Waals surface area contributed by atoms with Crippen LogP contribution in [0, 0.1) is 30.6 Å². The molecule has 0 aliphatic carbocycles. The van der Waals surface area contributed by atoms with Gasteiger partial charge in [-0.25, -0.2) is 14.6 Å². The van der Waals surface area contributed by atoms with Gasteiger partial charge in [0.15, 0.2) is 22.3 Å². The summed E-state index contributed by atoms with van der Waals surface area (Å²) in [6.07, 6.45) is 7.36. The standard InChI is InChI=1S/C76H91N9O21/c1-38(2)59(82-53(87)19-12-11-13-32-85-54(88)26-27-55(85)89)73(96)81-50(18-15-31-78-74(77)97)72(95)79-46-22-20-45(21-23-46)37-100-75(98)84-33-28-47(29-34-84)103-48-24-25-49-52(36-48)104-68-60(80-49)56-57-62(90)42(6)66-58(56)70(93)76(9,106-66)101-35-30-51(99-10)41(5)67(102-44(8)86)69-63(91)43(7)65(105-69)39(3)16-14-17-40(4)71(94)83-61(68)64(57)92/h14,16-17,20-27,30,35-36,38-39,41,43,47,50-51,59,63,65,67,69,91-92H,11-13,15,18-19,28-29,31-34,37H2,1-10H3,(H,79,95)(H,81,96)(H,82,87)(H,83,94)(H3,77,78,97)/b16-14+,35-30+,40-17-/t39-,41+,43-,50-,51-,59-,63+,65-,67+,69+,76-/m0/s1. The molecular formula is C76H91N9O21. The van der Waals surface area contributed by atoms with E-state index in [2.05, 4.69) is 26.6 Å². The number of nitrogens with zero attached hydrogens (tertiary/aromatic N) is 3. The Hall–Kier alpha value is -10.7. The van der Waals surface area contributed by atoms with E-state index in [-0.39, 0.29) is 143 Å². The fourth-order valence-corrected chi connectivity index (χ4v) is 13.7. The summed E-state index contributed by atoms with van der Waals surface area (Å²) in [5.74, 6) is -8.88. The van der Waals surface area contributed by atoms with Gasteiger partial charge < -0.3 is 85.0 Å². The summed E-state index contributed by atoms with van der Waals surface area (Å²) in [6, 6.07) is 8.50. The van der Waals surface area contributed by atoms with Crippen molar-refractivity contribution in [1.82, 2.24) is 30.7 Å². The Morgan fingerprint density at radius 2 is 1.59 bits per heavy atom. The molecule has 0 spiro atoms. The molecule has 0 unspecified atom stereocenters. The van der Waals surface area contributed by atoms with Gasteiger partial charge in [-0.3, -0.25) is 48.1 Å². The zero-order chi connectivity index (χ0) is 76.6. The van der Waals surface area contributed by atoms with Crippen LogP contribution in [0.5, 0.6) is 17.2 Å². The third-order valence-corrected chi connectivity index (χ3v) is 19.8. The largest absolute Gasteiger partial charge is 0.505 e. The highest BCUT2D eigenvalue weighted by Crippen LogP contribution is 2.49. The maximum Gasteiger partial charge on any atom is 0.410 e. The number of nitrogens with one attached hydrogen (secondary N) is 5. The lowest BCUT2D eigenvalue weighted by Gasteiger charge is -2.33. The number of ether oxygens (including phenoxy) is 7. The summed E-state index contributed by atoms with van der Waals surface area (Å²) >= 11 is 0. The van der Waals surface area contributed by atoms with E-state index in [1.807, 2.05) is 13.8 Å². The second kappa shape index (κ2) is 33.6. The van der Waals surface area contributed by atoms with Crippen LogP contribution in [0.25, 0.3) is 33.0 Å². The third kappa shape index (κ3) is 17.5. The van der Waals surface area contributed by atoms with Crippen molar-refractivity contribution in [2.75, 3.05) is 43.9 Å². The number of hydrogen-bond donors (Lipinski definition) is 8. The van der Waals surface area contributed by atoms with Gasteiger partial charge >= 0.3 is 23.9 Å². The van der Waals surface area contributed by atoms with Gasteiger partial charge in [0.05, 0.1) is 35.5 Å². The number of carbonyl (C=O) groups excluding carboxylic acids is 10. The minimum absolute atomic E-state index is 0.0588. The van der Waals surface area contributed by atoms with E-state index in [0.29, 0.717) is 49.1 Å². The van der Waals surface area contributed by atoms with Gasteiger partial charge in [0, 0.05) is 125 Å². The number of piperidine rings is 1. The zero-order valence-electron chi connectivity index (χ0n) is 60.8. The number of amides is 9. The number of rotatable bonds is 22. The van der Waals surface area contributed by atoms with E-state index in [1.165, 1.54) is 65.4 Å². The predicted molar refractivity (Wildman–Crippen MR) is 386 cm³/mol. The van der Waals surface area contributed by atoms with Gasteiger partial charge in [0.1, 0.15) is 65.2 Å². The Kier molecular flexibility index (Phi) is 24.7. The SMILES string of the molecule is CO[C@H]1/C=C/O[C@@]2(C)Oc3c(C)c(=O)c4c(O)c(c5oc6cc(OC7CCN(C(=O)OCc8ccc(NC(=O)[C@H](CCCNC(N)=O)NC(=O)[C@@H](NC(=O)CCCCCN9C(=O)C=CC9=O)C(C)C)cc8)CC7)ccc6nc5c4c3C2=O)NC(=O)/C(C)=C\C=C\[C@H](C)[C@@H]2O[C@H]([C@H](O)[C@@H]2C)[C@H](OC(C)=O)[C@@H]1C. The first kappa shape index (κ1) is 77.9. The van der Waals surface area contributed by atoms with E-state index in [0.717, 1.165) is 4.90 Å². The molecule has 9 N–H and O–H groups in total. The molecule has 30 nitrogen and oxygen atoms in total. The van der Waals surface area contributed by atoms with Crippen LogP contribution in [-0.2, 0) is 63.9 Å². The molecule has 0 radical (unpaired) electrons. The van der Waals surface area contributed by atoms with Gasteiger partial charge in [-0.15, -0.1) is 0 Å². The molecule has 2 saturated heterocycles. The predicted octanol–water partition coefficient (Wildman–Crippen LogP) is 7.45. The van der Waals surface area contributed by atoms with Gasteiger partial charge in [-0.2, -0.15) is 0 Å². The molecule has 1 aromatic heterocycles. The molecule has 6 aliphatic heterocycles.